The molecule has 1 heterocycles. The van der Waals surface area contributed by atoms with Gasteiger partial charge in [0.1, 0.15) is 12.4 Å². The molecular weight excluding hydrogens is 402 g/mol. The summed E-state index contributed by atoms with van der Waals surface area (Å²) in [5.41, 5.74) is 3.50. The smallest absolute Gasteiger partial charge is 0.321 e. The molecule has 0 bridgehead atoms. The van der Waals surface area contributed by atoms with Crippen LogP contribution in [-0.4, -0.2) is 47.9 Å². The Kier molecular flexibility index (Phi) is 6.70. The summed E-state index contributed by atoms with van der Waals surface area (Å²) in [6.45, 7) is 4.48. The van der Waals surface area contributed by atoms with Crippen LogP contribution in [-0.2, 0) is 6.61 Å². The van der Waals surface area contributed by atoms with Crippen molar-refractivity contribution in [3.05, 3.63) is 95.6 Å². The minimum atomic E-state index is -0.161. The Hall–Kier alpha value is -3.80. The summed E-state index contributed by atoms with van der Waals surface area (Å²) >= 11 is 0. The predicted molar refractivity (Wildman–Crippen MR) is 125 cm³/mol. The average Bonchev–Trinajstić information content (AvgIpc) is 2.84. The van der Waals surface area contributed by atoms with Gasteiger partial charge < -0.3 is 19.9 Å². The van der Waals surface area contributed by atoms with Gasteiger partial charge in [0.25, 0.3) is 5.91 Å². The van der Waals surface area contributed by atoms with Gasteiger partial charge in [0.05, 0.1) is 0 Å². The van der Waals surface area contributed by atoms with Crippen LogP contribution in [0.15, 0.2) is 78.9 Å². The van der Waals surface area contributed by atoms with E-state index in [1.165, 1.54) is 0 Å². The molecule has 6 nitrogen and oxygen atoms in total. The first-order valence-electron chi connectivity index (χ1n) is 10.8. The molecule has 1 aliphatic heterocycles. The zero-order valence-electron chi connectivity index (χ0n) is 18.2. The van der Waals surface area contributed by atoms with Gasteiger partial charge in [0.15, 0.2) is 0 Å². The van der Waals surface area contributed by atoms with Crippen molar-refractivity contribution in [3.8, 4) is 5.75 Å². The molecule has 3 aromatic rings. The summed E-state index contributed by atoms with van der Waals surface area (Å²) in [7, 11) is 0. The topological polar surface area (TPSA) is 61.9 Å². The molecule has 3 amide bonds. The number of rotatable bonds is 5. The molecule has 0 saturated carbocycles. The van der Waals surface area contributed by atoms with E-state index in [1.807, 2.05) is 90.7 Å². The third-order valence-corrected chi connectivity index (χ3v) is 5.58. The van der Waals surface area contributed by atoms with Crippen LogP contribution in [0.2, 0.25) is 0 Å². The zero-order valence-corrected chi connectivity index (χ0v) is 18.2. The maximum Gasteiger partial charge on any atom is 0.321 e. The first kappa shape index (κ1) is 21.4. The highest BCUT2D eigenvalue weighted by molar-refractivity contribution is 5.96. The summed E-state index contributed by atoms with van der Waals surface area (Å²) in [6, 6.07) is 24.8. The van der Waals surface area contributed by atoms with Crippen molar-refractivity contribution in [2.45, 2.75) is 13.5 Å². The van der Waals surface area contributed by atoms with E-state index in [9.17, 15) is 9.59 Å². The van der Waals surface area contributed by atoms with Gasteiger partial charge in [-0.15, -0.1) is 0 Å². The molecule has 1 saturated heterocycles. The van der Waals surface area contributed by atoms with E-state index < -0.39 is 0 Å². The monoisotopic (exact) mass is 429 g/mol. The van der Waals surface area contributed by atoms with Crippen molar-refractivity contribution in [2.24, 2.45) is 0 Å². The van der Waals surface area contributed by atoms with Gasteiger partial charge in [0, 0.05) is 37.4 Å². The van der Waals surface area contributed by atoms with Gasteiger partial charge in [0.2, 0.25) is 0 Å². The molecule has 0 unspecified atom stereocenters. The number of hydrogen-bond acceptors (Lipinski definition) is 3. The van der Waals surface area contributed by atoms with Gasteiger partial charge in [-0.25, -0.2) is 4.79 Å². The second kappa shape index (κ2) is 10.0. The number of nitrogens with zero attached hydrogens (tertiary/aromatic N) is 2. The summed E-state index contributed by atoms with van der Waals surface area (Å²) < 4.78 is 5.79. The van der Waals surface area contributed by atoms with Crippen molar-refractivity contribution in [1.82, 2.24) is 9.80 Å². The zero-order chi connectivity index (χ0) is 22.3. The SMILES string of the molecule is Cc1ccccc1C(=O)N1CCN(C(=O)Nc2ccc(OCc3ccccc3)cc2)CC1. The number of benzene rings is 3. The van der Waals surface area contributed by atoms with E-state index in [0.717, 1.165) is 22.4 Å². The number of anilines is 1. The fourth-order valence-electron chi connectivity index (χ4n) is 3.67. The molecule has 4 rings (SSSR count). The summed E-state index contributed by atoms with van der Waals surface area (Å²) in [5.74, 6) is 0.768. The summed E-state index contributed by atoms with van der Waals surface area (Å²) in [5, 5.41) is 2.93. The van der Waals surface area contributed by atoms with Crippen LogP contribution in [0.3, 0.4) is 0 Å². The Morgan fingerprint density at radius 1 is 0.812 bits per heavy atom. The van der Waals surface area contributed by atoms with Crippen LogP contribution in [0.4, 0.5) is 10.5 Å². The fraction of sp³-hybridized carbons (Fsp3) is 0.231. The fourth-order valence-corrected chi connectivity index (χ4v) is 3.67. The standard InChI is InChI=1S/C26H27N3O3/c1-20-7-5-6-10-24(20)25(30)28-15-17-29(18-16-28)26(31)27-22-11-13-23(14-12-22)32-19-21-8-3-2-4-9-21/h2-14H,15-19H2,1H3,(H,27,31). The Morgan fingerprint density at radius 2 is 1.44 bits per heavy atom. The van der Waals surface area contributed by atoms with Crippen molar-refractivity contribution in [3.63, 3.8) is 0 Å². The van der Waals surface area contributed by atoms with E-state index in [-0.39, 0.29) is 11.9 Å². The number of carbonyl (C=O) groups excluding carboxylic acids is 2. The van der Waals surface area contributed by atoms with Crippen LogP contribution in [0.1, 0.15) is 21.5 Å². The van der Waals surface area contributed by atoms with Gasteiger partial charge in [-0.3, -0.25) is 4.79 Å². The third kappa shape index (κ3) is 5.27. The summed E-state index contributed by atoms with van der Waals surface area (Å²) in [4.78, 5) is 29.0. The Labute approximate surface area is 188 Å². The van der Waals surface area contributed by atoms with Crippen LogP contribution in [0, 0.1) is 6.92 Å². The lowest BCUT2D eigenvalue weighted by Gasteiger charge is -2.35. The van der Waals surface area contributed by atoms with E-state index in [0.29, 0.717) is 38.5 Å². The molecule has 1 aliphatic rings. The Balaban J connectivity index is 1.26. The lowest BCUT2D eigenvalue weighted by Crippen LogP contribution is -2.51. The number of amides is 3. The van der Waals surface area contributed by atoms with Gasteiger partial charge in [-0.2, -0.15) is 0 Å². The average molecular weight is 430 g/mol. The molecular formula is C26H27N3O3. The number of hydrogen-bond donors (Lipinski definition) is 1. The molecule has 3 aromatic carbocycles. The molecule has 0 spiro atoms. The highest BCUT2D eigenvalue weighted by Crippen LogP contribution is 2.18. The first-order valence-corrected chi connectivity index (χ1v) is 10.8. The lowest BCUT2D eigenvalue weighted by atomic mass is 10.1. The Bertz CT molecular complexity index is 1060. The minimum absolute atomic E-state index is 0.0225. The van der Waals surface area contributed by atoms with Crippen molar-refractivity contribution in [2.75, 3.05) is 31.5 Å². The number of carbonyl (C=O) groups is 2. The van der Waals surface area contributed by atoms with Gasteiger partial charge in [-0.05, 0) is 48.4 Å². The quantitative estimate of drug-likeness (QED) is 0.647. The van der Waals surface area contributed by atoms with E-state index in [2.05, 4.69) is 5.32 Å². The summed E-state index contributed by atoms with van der Waals surface area (Å²) in [6.07, 6.45) is 0. The molecule has 0 aromatic heterocycles. The number of nitrogens with one attached hydrogen (secondary N) is 1. The van der Waals surface area contributed by atoms with Crippen molar-refractivity contribution < 1.29 is 14.3 Å². The maximum absolute atomic E-state index is 12.8. The largest absolute Gasteiger partial charge is 0.489 e. The van der Waals surface area contributed by atoms with Crippen LogP contribution >= 0.6 is 0 Å². The highest BCUT2D eigenvalue weighted by atomic mass is 16.5. The van der Waals surface area contributed by atoms with E-state index in [4.69, 9.17) is 4.74 Å². The first-order chi connectivity index (χ1) is 15.6. The van der Waals surface area contributed by atoms with Crippen LogP contribution < -0.4 is 10.1 Å². The molecule has 6 heteroatoms. The predicted octanol–water partition coefficient (Wildman–Crippen LogP) is 4.56. The number of piperazine rings is 1. The number of urea groups is 1. The second-order valence-corrected chi connectivity index (χ2v) is 7.82. The second-order valence-electron chi connectivity index (χ2n) is 7.82. The normalized spacial score (nSPS) is 13.5. The molecule has 164 valence electrons. The van der Waals surface area contributed by atoms with Crippen molar-refractivity contribution in [1.29, 1.82) is 0 Å². The number of ether oxygens (including phenoxy) is 1. The highest BCUT2D eigenvalue weighted by Gasteiger charge is 2.25. The van der Waals surface area contributed by atoms with E-state index >= 15 is 0 Å². The molecule has 1 N–H and O–H groups in total. The van der Waals surface area contributed by atoms with Crippen LogP contribution in [0.25, 0.3) is 0 Å². The van der Waals surface area contributed by atoms with E-state index in [1.54, 1.807) is 4.90 Å². The lowest BCUT2D eigenvalue weighted by molar-refractivity contribution is 0.0671. The molecule has 32 heavy (non-hydrogen) atoms. The van der Waals surface area contributed by atoms with Crippen LogP contribution in [0.5, 0.6) is 5.75 Å². The number of aryl methyl sites for hydroxylation is 1. The molecule has 0 atom stereocenters. The van der Waals surface area contributed by atoms with Gasteiger partial charge >= 0.3 is 6.03 Å². The minimum Gasteiger partial charge on any atom is -0.489 e. The van der Waals surface area contributed by atoms with Crippen molar-refractivity contribution >= 4 is 17.6 Å². The van der Waals surface area contributed by atoms with Gasteiger partial charge in [-0.1, -0.05) is 48.5 Å². The maximum atomic E-state index is 12.8. The third-order valence-electron chi connectivity index (χ3n) is 5.58. The Morgan fingerprint density at radius 3 is 2.12 bits per heavy atom. The molecule has 0 radical (unpaired) electrons. The molecule has 0 aliphatic carbocycles. The molecule has 1 fully saturated rings.